The van der Waals surface area contributed by atoms with Crippen molar-refractivity contribution in [3.63, 3.8) is 0 Å². The molecule has 2 heterocycles. The van der Waals surface area contributed by atoms with Gasteiger partial charge in [-0.15, -0.1) is 21.5 Å². The number of nitrogens with zero attached hydrogens (tertiary/aromatic N) is 3. The number of hydrogen-bond acceptors (Lipinski definition) is 5. The summed E-state index contributed by atoms with van der Waals surface area (Å²) in [6.07, 6.45) is 0.393. The maximum Gasteiger partial charge on any atom is 0.229 e. The highest BCUT2D eigenvalue weighted by atomic mass is 32.1. The summed E-state index contributed by atoms with van der Waals surface area (Å²) < 4.78 is 0. The highest BCUT2D eigenvalue weighted by Gasteiger charge is 2.06. The number of benzene rings is 1. The van der Waals surface area contributed by atoms with E-state index in [2.05, 4.69) is 25.9 Å². The van der Waals surface area contributed by atoms with Crippen molar-refractivity contribution in [2.75, 3.05) is 5.32 Å². The lowest BCUT2D eigenvalue weighted by molar-refractivity contribution is -0.115. The number of hydrogen-bond donors (Lipinski definition) is 2. The molecule has 2 aromatic heterocycles. The maximum atomic E-state index is 11.8. The Labute approximate surface area is 118 Å². The van der Waals surface area contributed by atoms with E-state index < -0.39 is 0 Å². The van der Waals surface area contributed by atoms with Crippen LogP contribution in [-0.4, -0.2) is 26.5 Å². The Kier molecular flexibility index (Phi) is 3.51. The summed E-state index contributed by atoms with van der Waals surface area (Å²) in [5.41, 5.74) is 1.59. The van der Waals surface area contributed by atoms with Crippen LogP contribution in [0.5, 0.6) is 0 Å². The molecule has 0 aliphatic carbocycles. The molecule has 1 aromatic carbocycles. The molecule has 20 heavy (non-hydrogen) atoms. The fourth-order valence-electron chi connectivity index (χ4n) is 1.76. The van der Waals surface area contributed by atoms with Gasteiger partial charge in [0, 0.05) is 16.1 Å². The van der Waals surface area contributed by atoms with Gasteiger partial charge < -0.3 is 5.32 Å². The second kappa shape index (κ2) is 5.62. The highest BCUT2D eigenvalue weighted by molar-refractivity contribution is 7.10. The standard InChI is InChI=1S/C13H11N5OS/c19-12(8-11-2-1-7-20-11)14-10-5-3-9(4-6-10)13-15-17-18-16-13/h1-7H,8H2,(H,14,19)(H,15,16,17,18). The van der Waals surface area contributed by atoms with Crippen LogP contribution in [-0.2, 0) is 11.2 Å². The van der Waals surface area contributed by atoms with E-state index in [4.69, 9.17) is 0 Å². The number of tetrazole rings is 1. The molecule has 0 atom stereocenters. The summed E-state index contributed by atoms with van der Waals surface area (Å²) in [7, 11) is 0. The maximum absolute atomic E-state index is 11.8. The van der Waals surface area contributed by atoms with Crippen LogP contribution in [0, 0.1) is 0 Å². The van der Waals surface area contributed by atoms with Crippen molar-refractivity contribution in [3.05, 3.63) is 46.7 Å². The molecule has 100 valence electrons. The van der Waals surface area contributed by atoms with Gasteiger partial charge in [-0.2, -0.15) is 5.21 Å². The minimum Gasteiger partial charge on any atom is -0.326 e. The summed E-state index contributed by atoms with van der Waals surface area (Å²) in [5.74, 6) is 0.501. The van der Waals surface area contributed by atoms with E-state index in [9.17, 15) is 4.79 Å². The fourth-order valence-corrected chi connectivity index (χ4v) is 2.47. The molecular formula is C13H11N5OS. The van der Waals surface area contributed by atoms with Gasteiger partial charge in [-0.1, -0.05) is 6.07 Å². The Hall–Kier alpha value is -2.54. The predicted molar refractivity (Wildman–Crippen MR) is 76.3 cm³/mol. The summed E-state index contributed by atoms with van der Waals surface area (Å²) in [6, 6.07) is 11.2. The molecule has 3 rings (SSSR count). The third kappa shape index (κ3) is 2.89. The zero-order chi connectivity index (χ0) is 13.8. The van der Waals surface area contributed by atoms with E-state index in [0.29, 0.717) is 12.2 Å². The second-order valence-corrected chi connectivity index (χ2v) is 5.15. The largest absolute Gasteiger partial charge is 0.326 e. The minimum absolute atomic E-state index is 0.0280. The zero-order valence-electron chi connectivity index (χ0n) is 10.4. The average molecular weight is 285 g/mol. The van der Waals surface area contributed by atoms with Crippen molar-refractivity contribution >= 4 is 22.9 Å². The Bertz CT molecular complexity index is 676. The van der Waals surface area contributed by atoms with Gasteiger partial charge in [0.1, 0.15) is 0 Å². The summed E-state index contributed by atoms with van der Waals surface area (Å²) in [6.45, 7) is 0. The molecule has 7 heteroatoms. The zero-order valence-corrected chi connectivity index (χ0v) is 11.2. The van der Waals surface area contributed by atoms with Crippen molar-refractivity contribution < 1.29 is 4.79 Å². The van der Waals surface area contributed by atoms with Crippen molar-refractivity contribution in [2.24, 2.45) is 0 Å². The predicted octanol–water partition coefficient (Wildman–Crippen LogP) is 2.11. The van der Waals surface area contributed by atoms with Crippen molar-refractivity contribution in [1.82, 2.24) is 20.6 Å². The third-order valence-electron chi connectivity index (χ3n) is 2.69. The molecule has 0 aliphatic heterocycles. The van der Waals surface area contributed by atoms with E-state index >= 15 is 0 Å². The number of H-pyrrole nitrogens is 1. The summed E-state index contributed by atoms with van der Waals surface area (Å²) >= 11 is 1.57. The van der Waals surface area contributed by atoms with E-state index in [-0.39, 0.29) is 5.91 Å². The van der Waals surface area contributed by atoms with Crippen LogP contribution >= 0.6 is 11.3 Å². The fraction of sp³-hybridized carbons (Fsp3) is 0.0769. The van der Waals surface area contributed by atoms with Crippen molar-refractivity contribution in [1.29, 1.82) is 0 Å². The Morgan fingerprint density at radius 2 is 2.10 bits per heavy atom. The number of rotatable bonds is 4. The summed E-state index contributed by atoms with van der Waals surface area (Å²) in [5, 5.41) is 18.5. The molecule has 0 spiro atoms. The molecule has 0 fully saturated rings. The molecule has 0 bridgehead atoms. The number of carbonyl (C=O) groups excluding carboxylic acids is 1. The van der Waals surface area contributed by atoms with Crippen LogP contribution in [0.2, 0.25) is 0 Å². The van der Waals surface area contributed by atoms with Crippen LogP contribution in [0.15, 0.2) is 41.8 Å². The lowest BCUT2D eigenvalue weighted by atomic mass is 10.2. The molecule has 0 aliphatic rings. The average Bonchev–Trinajstić information content (AvgIpc) is 3.12. The number of thiophene rings is 1. The molecule has 0 radical (unpaired) electrons. The highest BCUT2D eigenvalue weighted by Crippen LogP contribution is 2.17. The van der Waals surface area contributed by atoms with Crippen LogP contribution in [0.25, 0.3) is 11.4 Å². The number of aromatic nitrogens is 4. The number of nitrogens with one attached hydrogen (secondary N) is 2. The van der Waals surface area contributed by atoms with Gasteiger partial charge in [0.15, 0.2) is 0 Å². The number of aromatic amines is 1. The van der Waals surface area contributed by atoms with E-state index in [1.165, 1.54) is 0 Å². The first-order chi connectivity index (χ1) is 9.81. The summed E-state index contributed by atoms with van der Waals surface area (Å²) in [4.78, 5) is 12.9. The Morgan fingerprint density at radius 1 is 1.25 bits per heavy atom. The number of anilines is 1. The lowest BCUT2D eigenvalue weighted by Crippen LogP contribution is -2.13. The van der Waals surface area contributed by atoms with E-state index in [0.717, 1.165) is 16.1 Å². The van der Waals surface area contributed by atoms with E-state index in [1.54, 1.807) is 11.3 Å². The van der Waals surface area contributed by atoms with Gasteiger partial charge in [-0.25, -0.2) is 0 Å². The molecule has 6 nitrogen and oxygen atoms in total. The quantitative estimate of drug-likeness (QED) is 0.769. The molecular weight excluding hydrogens is 274 g/mol. The first-order valence-corrected chi connectivity index (χ1v) is 6.85. The number of amides is 1. The van der Waals surface area contributed by atoms with Crippen molar-refractivity contribution in [2.45, 2.75) is 6.42 Å². The normalized spacial score (nSPS) is 10.4. The molecule has 3 aromatic rings. The smallest absolute Gasteiger partial charge is 0.229 e. The van der Waals surface area contributed by atoms with Crippen LogP contribution in [0.1, 0.15) is 4.88 Å². The van der Waals surface area contributed by atoms with Crippen LogP contribution < -0.4 is 5.32 Å². The molecule has 1 amide bonds. The first kappa shape index (κ1) is 12.5. The Balaban J connectivity index is 1.65. The van der Waals surface area contributed by atoms with Crippen LogP contribution in [0.3, 0.4) is 0 Å². The third-order valence-corrected chi connectivity index (χ3v) is 3.56. The van der Waals surface area contributed by atoms with Gasteiger partial charge in [0.05, 0.1) is 6.42 Å². The minimum atomic E-state index is -0.0280. The van der Waals surface area contributed by atoms with E-state index in [1.807, 2.05) is 41.8 Å². The SMILES string of the molecule is O=C(Cc1cccs1)Nc1ccc(-c2nn[nH]n2)cc1. The Morgan fingerprint density at radius 3 is 2.75 bits per heavy atom. The molecule has 2 N–H and O–H groups in total. The molecule has 0 saturated carbocycles. The van der Waals surface area contributed by atoms with Gasteiger partial charge in [-0.05, 0) is 40.9 Å². The monoisotopic (exact) mass is 285 g/mol. The second-order valence-electron chi connectivity index (χ2n) is 4.12. The first-order valence-electron chi connectivity index (χ1n) is 5.97. The van der Waals surface area contributed by atoms with Crippen LogP contribution in [0.4, 0.5) is 5.69 Å². The lowest BCUT2D eigenvalue weighted by Gasteiger charge is -2.04. The van der Waals surface area contributed by atoms with Gasteiger partial charge >= 0.3 is 0 Å². The van der Waals surface area contributed by atoms with Gasteiger partial charge in [0.25, 0.3) is 0 Å². The topological polar surface area (TPSA) is 83.6 Å². The number of carbonyl (C=O) groups is 1. The van der Waals surface area contributed by atoms with Gasteiger partial charge in [-0.3, -0.25) is 4.79 Å². The van der Waals surface area contributed by atoms with Crippen molar-refractivity contribution in [3.8, 4) is 11.4 Å². The molecule has 0 unspecified atom stereocenters. The molecule has 0 saturated heterocycles. The van der Waals surface area contributed by atoms with Gasteiger partial charge in [0.2, 0.25) is 11.7 Å².